The minimum Gasteiger partial charge on any atom is -0.364 e. The smallest absolute Gasteiger partial charge is 0.277 e. The van der Waals surface area contributed by atoms with Crippen LogP contribution < -0.4 is 9.99 Å². The molecule has 3 rings (SSSR count). The van der Waals surface area contributed by atoms with Gasteiger partial charge in [0.05, 0.1) is 5.69 Å². The monoisotopic (exact) mass is 395 g/mol. The Morgan fingerprint density at radius 3 is 2.60 bits per heavy atom. The van der Waals surface area contributed by atoms with Gasteiger partial charge in [0.2, 0.25) is 0 Å². The molecule has 2 aromatic rings. The highest BCUT2D eigenvalue weighted by Crippen LogP contribution is 2.15. The van der Waals surface area contributed by atoms with Crippen molar-refractivity contribution in [3.8, 4) is 5.69 Å². The lowest BCUT2D eigenvalue weighted by Crippen LogP contribution is -2.38. The number of nitrogens with zero attached hydrogens (tertiary/aromatic N) is 4. The molecule has 1 aliphatic heterocycles. The highest BCUT2D eigenvalue weighted by molar-refractivity contribution is 7.80. The van der Waals surface area contributed by atoms with Crippen LogP contribution in [0.2, 0.25) is 5.02 Å². The van der Waals surface area contributed by atoms with Crippen LogP contribution in [0.25, 0.3) is 5.69 Å². The SMILES string of the molecule is CNC(=S)N=c1sn(-c2ccc(Cl)cc2)nc1C(=O)N1CCCCC1. The molecule has 6 nitrogen and oxygen atoms in total. The maximum absolute atomic E-state index is 12.9. The van der Waals surface area contributed by atoms with Gasteiger partial charge in [0.25, 0.3) is 5.91 Å². The van der Waals surface area contributed by atoms with Crippen LogP contribution in [0.1, 0.15) is 29.8 Å². The van der Waals surface area contributed by atoms with E-state index in [2.05, 4.69) is 15.4 Å². The molecule has 0 aliphatic carbocycles. The molecule has 0 radical (unpaired) electrons. The van der Waals surface area contributed by atoms with Crippen molar-refractivity contribution in [2.45, 2.75) is 19.3 Å². The van der Waals surface area contributed by atoms with Gasteiger partial charge >= 0.3 is 0 Å². The molecular weight excluding hydrogens is 378 g/mol. The number of rotatable bonds is 2. The summed E-state index contributed by atoms with van der Waals surface area (Å²) in [6.45, 7) is 1.51. The number of carbonyl (C=O) groups excluding carboxylic acids is 1. The molecule has 0 unspecified atom stereocenters. The Bertz CT molecular complexity index is 837. The zero-order valence-electron chi connectivity index (χ0n) is 13.7. The molecule has 0 saturated carbocycles. The van der Waals surface area contributed by atoms with E-state index in [0.29, 0.717) is 20.5 Å². The van der Waals surface area contributed by atoms with E-state index in [1.807, 2.05) is 17.0 Å². The van der Waals surface area contributed by atoms with E-state index in [1.54, 1.807) is 23.3 Å². The van der Waals surface area contributed by atoms with Crippen LogP contribution in [0.5, 0.6) is 0 Å². The highest BCUT2D eigenvalue weighted by Gasteiger charge is 2.23. The van der Waals surface area contributed by atoms with Crippen molar-refractivity contribution in [1.82, 2.24) is 19.4 Å². The van der Waals surface area contributed by atoms with Crippen molar-refractivity contribution in [2.75, 3.05) is 20.1 Å². The molecule has 1 aliphatic rings. The van der Waals surface area contributed by atoms with Crippen LogP contribution in [0.3, 0.4) is 0 Å². The lowest BCUT2D eigenvalue weighted by molar-refractivity contribution is 0.0716. The molecule has 9 heteroatoms. The summed E-state index contributed by atoms with van der Waals surface area (Å²) < 4.78 is 2.18. The number of aromatic nitrogens is 2. The molecule has 1 saturated heterocycles. The Morgan fingerprint density at radius 1 is 1.28 bits per heavy atom. The van der Waals surface area contributed by atoms with Crippen molar-refractivity contribution < 1.29 is 4.79 Å². The second-order valence-corrected chi connectivity index (χ2v) is 7.35. The number of piperidine rings is 1. The van der Waals surface area contributed by atoms with Crippen molar-refractivity contribution in [3.05, 3.63) is 39.7 Å². The van der Waals surface area contributed by atoms with Gasteiger partial charge in [0.15, 0.2) is 15.5 Å². The fourth-order valence-electron chi connectivity index (χ4n) is 2.56. The van der Waals surface area contributed by atoms with Gasteiger partial charge in [-0.25, -0.2) is 4.99 Å². The third kappa shape index (κ3) is 4.26. The van der Waals surface area contributed by atoms with Crippen LogP contribution in [0.4, 0.5) is 0 Å². The van der Waals surface area contributed by atoms with Crippen molar-refractivity contribution in [1.29, 1.82) is 0 Å². The number of hydrogen-bond donors (Lipinski definition) is 1. The number of thiocarbonyl (C=S) groups is 1. The summed E-state index contributed by atoms with van der Waals surface area (Å²) in [6.07, 6.45) is 3.20. The summed E-state index contributed by atoms with van der Waals surface area (Å²) in [5.41, 5.74) is 1.15. The summed E-state index contributed by atoms with van der Waals surface area (Å²) >= 11 is 12.4. The molecule has 25 heavy (non-hydrogen) atoms. The summed E-state index contributed by atoms with van der Waals surface area (Å²) in [4.78, 5) is 19.1. The standard InChI is InChI=1S/C16H18ClN5OS2/c1-18-16(24)19-14-13(15(23)21-9-3-2-4-10-21)20-22(25-14)12-7-5-11(17)6-8-12/h5-8H,2-4,9-10H2,1H3,(H,18,24). The van der Waals surface area contributed by atoms with Gasteiger partial charge in [-0.3, -0.25) is 4.79 Å². The Balaban J connectivity index is 2.02. The molecule has 1 amide bonds. The summed E-state index contributed by atoms with van der Waals surface area (Å²) in [5, 5.41) is 8.26. The minimum atomic E-state index is -0.0960. The third-order valence-electron chi connectivity index (χ3n) is 3.88. The van der Waals surface area contributed by atoms with Gasteiger partial charge in [-0.15, -0.1) is 5.10 Å². The first-order chi connectivity index (χ1) is 12.1. The van der Waals surface area contributed by atoms with Crippen molar-refractivity contribution in [3.63, 3.8) is 0 Å². The first-order valence-corrected chi connectivity index (χ1v) is 9.57. The predicted molar refractivity (Wildman–Crippen MR) is 103 cm³/mol. The molecule has 1 fully saturated rings. The Hall–Kier alpha value is -1.77. The topological polar surface area (TPSA) is 62.5 Å². The van der Waals surface area contributed by atoms with E-state index in [1.165, 1.54) is 11.5 Å². The molecule has 2 heterocycles. The Labute approximate surface area is 160 Å². The normalized spacial score (nSPS) is 15.3. The average Bonchev–Trinajstić information content (AvgIpc) is 3.06. The summed E-state index contributed by atoms with van der Waals surface area (Å²) in [5.74, 6) is -0.0960. The van der Waals surface area contributed by atoms with E-state index in [4.69, 9.17) is 23.8 Å². The average molecular weight is 396 g/mol. The molecule has 1 aromatic heterocycles. The van der Waals surface area contributed by atoms with E-state index in [0.717, 1.165) is 38.0 Å². The third-order valence-corrected chi connectivity index (χ3v) is 5.35. The quantitative estimate of drug-likeness (QED) is 0.794. The lowest BCUT2D eigenvalue weighted by Gasteiger charge is -2.25. The number of hydrogen-bond acceptors (Lipinski definition) is 4. The van der Waals surface area contributed by atoms with Gasteiger partial charge < -0.3 is 10.2 Å². The molecule has 0 spiro atoms. The number of amides is 1. The molecule has 132 valence electrons. The van der Waals surface area contributed by atoms with Crippen LogP contribution in [-0.4, -0.2) is 45.2 Å². The van der Waals surface area contributed by atoms with E-state index < -0.39 is 0 Å². The maximum atomic E-state index is 12.9. The zero-order valence-corrected chi connectivity index (χ0v) is 16.1. The van der Waals surface area contributed by atoms with E-state index in [-0.39, 0.29) is 5.91 Å². The highest BCUT2D eigenvalue weighted by atomic mass is 35.5. The fraction of sp³-hybridized carbons (Fsp3) is 0.375. The second kappa shape index (κ2) is 8.07. The van der Waals surface area contributed by atoms with Gasteiger partial charge in [-0.1, -0.05) is 11.6 Å². The van der Waals surface area contributed by atoms with Gasteiger partial charge in [0, 0.05) is 25.2 Å². The van der Waals surface area contributed by atoms with Crippen LogP contribution in [0, 0.1) is 0 Å². The lowest BCUT2D eigenvalue weighted by atomic mass is 10.1. The van der Waals surface area contributed by atoms with Gasteiger partial charge in [-0.05, 0) is 67.3 Å². The largest absolute Gasteiger partial charge is 0.364 e. The second-order valence-electron chi connectivity index (χ2n) is 5.61. The van der Waals surface area contributed by atoms with Crippen LogP contribution >= 0.6 is 35.4 Å². The predicted octanol–water partition coefficient (Wildman–Crippen LogP) is 2.62. The van der Waals surface area contributed by atoms with Crippen LogP contribution in [-0.2, 0) is 0 Å². The van der Waals surface area contributed by atoms with E-state index >= 15 is 0 Å². The first-order valence-electron chi connectivity index (χ1n) is 8.01. The first kappa shape index (κ1) is 18.0. The maximum Gasteiger partial charge on any atom is 0.277 e. The molecule has 0 bridgehead atoms. The van der Waals surface area contributed by atoms with Crippen LogP contribution in [0.15, 0.2) is 29.3 Å². The van der Waals surface area contributed by atoms with Crippen molar-refractivity contribution in [2.24, 2.45) is 4.99 Å². The number of likely N-dealkylation sites (tertiary alicyclic amines) is 1. The summed E-state index contributed by atoms with van der Waals surface area (Å²) in [6, 6.07) is 7.27. The molecule has 0 atom stereocenters. The van der Waals surface area contributed by atoms with Gasteiger partial charge in [0.1, 0.15) is 0 Å². The summed E-state index contributed by atoms with van der Waals surface area (Å²) in [7, 11) is 1.70. The zero-order chi connectivity index (χ0) is 17.8. The minimum absolute atomic E-state index is 0.0960. The van der Waals surface area contributed by atoms with Gasteiger partial charge in [-0.2, -0.15) is 4.07 Å². The van der Waals surface area contributed by atoms with E-state index in [9.17, 15) is 4.79 Å². The number of halogens is 1. The molecule has 1 aromatic carbocycles. The number of nitrogens with one attached hydrogen (secondary N) is 1. The Morgan fingerprint density at radius 2 is 1.96 bits per heavy atom. The number of benzene rings is 1. The fourth-order valence-corrected chi connectivity index (χ4v) is 3.70. The number of carbonyl (C=O) groups is 1. The molecule has 1 N–H and O–H groups in total. The molecular formula is C16H18ClN5OS2. The van der Waals surface area contributed by atoms with Crippen molar-refractivity contribution >= 4 is 46.4 Å². The Kier molecular flexibility index (Phi) is 5.82.